The SMILES string of the molecule is COc1ccc(S(=O)(=O)N(CC(=O)N(Cc2cccc(C)c2)[C@H](C)C(=O)NC2CCCC2)c2ccc(Cl)cc2)cc1. The topological polar surface area (TPSA) is 96.0 Å². The molecule has 0 aromatic heterocycles. The van der Waals surface area contributed by atoms with Crippen molar-refractivity contribution in [3.63, 3.8) is 0 Å². The van der Waals surface area contributed by atoms with Crippen LogP contribution in [0.3, 0.4) is 0 Å². The first-order valence-electron chi connectivity index (χ1n) is 13.7. The second kappa shape index (κ2) is 13.4. The molecule has 2 amide bonds. The molecule has 0 unspecified atom stereocenters. The third-order valence-corrected chi connectivity index (χ3v) is 9.39. The van der Waals surface area contributed by atoms with Crippen molar-refractivity contribution in [2.75, 3.05) is 18.0 Å². The van der Waals surface area contributed by atoms with Crippen molar-refractivity contribution < 1.29 is 22.7 Å². The van der Waals surface area contributed by atoms with Crippen LogP contribution in [0.4, 0.5) is 5.69 Å². The summed E-state index contributed by atoms with van der Waals surface area (Å²) in [6.45, 7) is 3.28. The molecule has 3 aromatic rings. The molecule has 1 N–H and O–H groups in total. The quantitative estimate of drug-likeness (QED) is 0.322. The first-order valence-corrected chi connectivity index (χ1v) is 15.5. The summed E-state index contributed by atoms with van der Waals surface area (Å²) in [5.74, 6) is -0.258. The largest absolute Gasteiger partial charge is 0.497 e. The van der Waals surface area contributed by atoms with Crippen molar-refractivity contribution in [3.05, 3.63) is 88.9 Å². The molecule has 0 heterocycles. The van der Waals surface area contributed by atoms with E-state index in [0.29, 0.717) is 10.8 Å². The third kappa shape index (κ3) is 7.59. The predicted octanol–water partition coefficient (Wildman–Crippen LogP) is 5.33. The molecule has 1 fully saturated rings. The van der Waals surface area contributed by atoms with Crippen LogP contribution in [0.1, 0.15) is 43.7 Å². The van der Waals surface area contributed by atoms with E-state index in [2.05, 4.69) is 5.32 Å². The van der Waals surface area contributed by atoms with Crippen LogP contribution in [0.15, 0.2) is 77.7 Å². The zero-order valence-corrected chi connectivity index (χ0v) is 25.1. The number of hydrogen-bond acceptors (Lipinski definition) is 5. The highest BCUT2D eigenvalue weighted by atomic mass is 35.5. The molecule has 0 aliphatic heterocycles. The van der Waals surface area contributed by atoms with Gasteiger partial charge in [-0.25, -0.2) is 8.42 Å². The summed E-state index contributed by atoms with van der Waals surface area (Å²) in [5.41, 5.74) is 2.13. The number of amides is 2. The number of ether oxygens (including phenoxy) is 1. The number of nitrogens with zero attached hydrogens (tertiary/aromatic N) is 2. The number of hydrogen-bond donors (Lipinski definition) is 1. The molecule has 1 atom stereocenters. The second-order valence-electron chi connectivity index (χ2n) is 10.3. The molecule has 1 aliphatic rings. The fourth-order valence-corrected chi connectivity index (χ4v) is 6.53. The summed E-state index contributed by atoms with van der Waals surface area (Å²) in [6, 6.07) is 19.2. The van der Waals surface area contributed by atoms with E-state index >= 15 is 0 Å². The lowest BCUT2D eigenvalue weighted by Crippen LogP contribution is -2.52. The van der Waals surface area contributed by atoms with Crippen molar-refractivity contribution >= 4 is 39.1 Å². The van der Waals surface area contributed by atoms with Crippen LogP contribution in [-0.2, 0) is 26.2 Å². The van der Waals surface area contributed by atoms with E-state index in [9.17, 15) is 18.0 Å². The van der Waals surface area contributed by atoms with Gasteiger partial charge in [-0.15, -0.1) is 0 Å². The van der Waals surface area contributed by atoms with Gasteiger partial charge >= 0.3 is 0 Å². The number of methoxy groups -OCH3 is 1. The molecule has 1 saturated carbocycles. The smallest absolute Gasteiger partial charge is 0.264 e. The predicted molar refractivity (Wildman–Crippen MR) is 161 cm³/mol. The summed E-state index contributed by atoms with van der Waals surface area (Å²) >= 11 is 6.08. The number of benzene rings is 3. The Morgan fingerprint density at radius 1 is 1.02 bits per heavy atom. The second-order valence-corrected chi connectivity index (χ2v) is 12.6. The van der Waals surface area contributed by atoms with Gasteiger partial charge in [0.2, 0.25) is 11.8 Å². The molecule has 1 aliphatic carbocycles. The number of halogens is 1. The fraction of sp³-hybridized carbons (Fsp3) is 0.355. The monoisotopic (exact) mass is 597 g/mol. The zero-order valence-electron chi connectivity index (χ0n) is 23.5. The van der Waals surface area contributed by atoms with Crippen molar-refractivity contribution in [1.82, 2.24) is 10.2 Å². The molecule has 41 heavy (non-hydrogen) atoms. The molecule has 0 radical (unpaired) electrons. The molecule has 0 saturated heterocycles. The van der Waals surface area contributed by atoms with Gasteiger partial charge in [0.25, 0.3) is 10.0 Å². The minimum absolute atomic E-state index is 0.00157. The van der Waals surface area contributed by atoms with Gasteiger partial charge < -0.3 is 15.0 Å². The zero-order chi connectivity index (χ0) is 29.6. The molecule has 4 rings (SSSR count). The van der Waals surface area contributed by atoms with Gasteiger partial charge in [-0.2, -0.15) is 0 Å². The Labute approximate surface area is 247 Å². The van der Waals surface area contributed by atoms with E-state index < -0.39 is 28.5 Å². The Balaban J connectivity index is 1.68. The number of nitrogens with one attached hydrogen (secondary N) is 1. The minimum atomic E-state index is -4.18. The van der Waals surface area contributed by atoms with Crippen molar-refractivity contribution in [2.24, 2.45) is 0 Å². The third-order valence-electron chi connectivity index (χ3n) is 7.35. The standard InChI is InChI=1S/C31H36ClN3O5S/c1-22-7-6-8-24(19-22)20-34(23(2)31(37)33-26-9-4-5-10-26)30(36)21-35(27-13-11-25(32)12-14-27)41(38,39)29-17-15-28(40-3)16-18-29/h6-8,11-19,23,26H,4-5,9-10,20-21H2,1-3H3,(H,33,37)/t23-/m1/s1. The molecule has 3 aromatic carbocycles. The van der Waals surface area contributed by atoms with E-state index in [1.807, 2.05) is 31.2 Å². The van der Waals surface area contributed by atoms with Gasteiger partial charge in [-0.3, -0.25) is 13.9 Å². The molecule has 8 nitrogen and oxygen atoms in total. The molecule has 0 spiro atoms. The van der Waals surface area contributed by atoms with Crippen molar-refractivity contribution in [2.45, 2.75) is 63.1 Å². The Bertz CT molecular complexity index is 1460. The Hall–Kier alpha value is -3.56. The van der Waals surface area contributed by atoms with Gasteiger partial charge in [0.1, 0.15) is 18.3 Å². The van der Waals surface area contributed by atoms with Crippen LogP contribution in [0, 0.1) is 6.92 Å². The van der Waals surface area contributed by atoms with Crippen LogP contribution < -0.4 is 14.4 Å². The molecular weight excluding hydrogens is 562 g/mol. The van der Waals surface area contributed by atoms with Crippen LogP contribution in [-0.4, -0.2) is 50.9 Å². The lowest BCUT2D eigenvalue weighted by atomic mass is 10.1. The lowest BCUT2D eigenvalue weighted by molar-refractivity contribution is -0.139. The van der Waals surface area contributed by atoms with Gasteiger partial charge in [-0.1, -0.05) is 54.3 Å². The van der Waals surface area contributed by atoms with Gasteiger partial charge in [0, 0.05) is 17.6 Å². The number of rotatable bonds is 11. The maximum atomic E-state index is 14.0. The first kappa shape index (κ1) is 30.4. The van der Waals surface area contributed by atoms with Crippen LogP contribution >= 0.6 is 11.6 Å². The Morgan fingerprint density at radius 3 is 2.29 bits per heavy atom. The number of carbonyl (C=O) groups excluding carboxylic acids is 2. The van der Waals surface area contributed by atoms with Gasteiger partial charge in [0.05, 0.1) is 17.7 Å². The van der Waals surface area contributed by atoms with Crippen molar-refractivity contribution in [1.29, 1.82) is 0 Å². The summed E-state index contributed by atoms with van der Waals surface area (Å²) in [7, 11) is -2.68. The molecule has 218 valence electrons. The maximum Gasteiger partial charge on any atom is 0.264 e. The summed E-state index contributed by atoms with van der Waals surface area (Å²) in [5, 5.41) is 3.51. The number of anilines is 1. The van der Waals surface area contributed by atoms with E-state index in [1.165, 1.54) is 24.1 Å². The van der Waals surface area contributed by atoms with E-state index in [4.69, 9.17) is 16.3 Å². The lowest BCUT2D eigenvalue weighted by Gasteiger charge is -2.32. The number of aryl methyl sites for hydroxylation is 1. The average molecular weight is 598 g/mol. The summed E-state index contributed by atoms with van der Waals surface area (Å²) in [4.78, 5) is 28.8. The normalized spacial score (nSPS) is 14.3. The van der Waals surface area contributed by atoms with E-state index in [0.717, 1.165) is 41.1 Å². The van der Waals surface area contributed by atoms with Gasteiger partial charge in [-0.05, 0) is 80.8 Å². The highest BCUT2D eigenvalue weighted by molar-refractivity contribution is 7.92. The van der Waals surface area contributed by atoms with Crippen molar-refractivity contribution in [3.8, 4) is 5.75 Å². The molecule has 10 heteroatoms. The molecule has 0 bridgehead atoms. The highest BCUT2D eigenvalue weighted by Crippen LogP contribution is 2.27. The average Bonchev–Trinajstić information content (AvgIpc) is 3.48. The first-order chi connectivity index (χ1) is 19.6. The number of carbonyl (C=O) groups is 2. The fourth-order valence-electron chi connectivity index (χ4n) is 4.99. The maximum absolute atomic E-state index is 14.0. The Morgan fingerprint density at radius 2 is 1.68 bits per heavy atom. The highest BCUT2D eigenvalue weighted by Gasteiger charge is 2.33. The number of sulfonamides is 1. The van der Waals surface area contributed by atoms with Crippen LogP contribution in [0.2, 0.25) is 5.02 Å². The van der Waals surface area contributed by atoms with Crippen LogP contribution in [0.5, 0.6) is 5.75 Å². The summed E-state index contributed by atoms with van der Waals surface area (Å²) < 4.78 is 34.1. The van der Waals surface area contributed by atoms with Gasteiger partial charge in [0.15, 0.2) is 0 Å². The van der Waals surface area contributed by atoms with E-state index in [-0.39, 0.29) is 29.1 Å². The Kier molecular flexibility index (Phi) is 9.94. The molecular formula is C31H36ClN3O5S. The summed E-state index contributed by atoms with van der Waals surface area (Å²) in [6.07, 6.45) is 3.94. The van der Waals surface area contributed by atoms with E-state index in [1.54, 1.807) is 43.3 Å². The minimum Gasteiger partial charge on any atom is -0.497 e. The van der Waals surface area contributed by atoms with Crippen LogP contribution in [0.25, 0.3) is 0 Å².